The minimum atomic E-state index is -0.265. The lowest BCUT2D eigenvalue weighted by atomic mass is 10.1. The zero-order chi connectivity index (χ0) is 20.7. The van der Waals surface area contributed by atoms with Gasteiger partial charge in [-0.2, -0.15) is 0 Å². The highest BCUT2D eigenvalue weighted by atomic mass is 16.7. The van der Waals surface area contributed by atoms with Gasteiger partial charge in [0.25, 0.3) is 0 Å². The minimum Gasteiger partial charge on any atom is -0.367 e. The smallest absolute Gasteiger partial charge is 0.217 e. The first kappa shape index (κ1) is 20.6. The fourth-order valence-corrected chi connectivity index (χ4v) is 2.93. The first-order valence-electron chi connectivity index (χ1n) is 9.76. The van der Waals surface area contributed by atoms with E-state index >= 15 is 0 Å². The van der Waals surface area contributed by atoms with Gasteiger partial charge in [0.1, 0.15) is 0 Å². The van der Waals surface area contributed by atoms with Crippen molar-refractivity contribution in [1.29, 1.82) is 0 Å². The van der Waals surface area contributed by atoms with Crippen LogP contribution in [-0.4, -0.2) is 18.1 Å². The van der Waals surface area contributed by atoms with Gasteiger partial charge in [-0.3, -0.25) is 0 Å². The number of para-hydroxylation sites is 3. The van der Waals surface area contributed by atoms with E-state index in [1.54, 1.807) is 0 Å². The van der Waals surface area contributed by atoms with E-state index in [9.17, 15) is 0 Å². The van der Waals surface area contributed by atoms with Crippen molar-refractivity contribution in [3.63, 3.8) is 0 Å². The second-order valence-electron chi connectivity index (χ2n) is 7.70. The number of hydrogen-bond donors (Lipinski definition) is 0. The van der Waals surface area contributed by atoms with Gasteiger partial charge in [-0.05, 0) is 58.0 Å². The molecule has 29 heavy (non-hydrogen) atoms. The molecule has 4 nitrogen and oxygen atoms in total. The summed E-state index contributed by atoms with van der Waals surface area (Å²) in [6, 6.07) is 28.8. The van der Waals surface area contributed by atoms with Gasteiger partial charge in [0.15, 0.2) is 0 Å². The Morgan fingerprint density at radius 1 is 0.793 bits per heavy atom. The maximum atomic E-state index is 5.59. The SMILES string of the molecule is C/C(=N\OCOC(C)(C)C)c1ccccc1N(c1ccccc1)c1ccccc1. The van der Waals surface area contributed by atoms with Crippen LogP contribution in [0.15, 0.2) is 90.1 Å². The Morgan fingerprint density at radius 3 is 1.86 bits per heavy atom. The van der Waals surface area contributed by atoms with E-state index in [0.717, 1.165) is 28.3 Å². The zero-order valence-electron chi connectivity index (χ0n) is 17.5. The molecule has 3 aromatic rings. The molecule has 150 valence electrons. The monoisotopic (exact) mass is 388 g/mol. The Labute approximate surface area is 173 Å². The summed E-state index contributed by atoms with van der Waals surface area (Å²) in [5, 5.41) is 4.29. The van der Waals surface area contributed by atoms with Crippen molar-refractivity contribution in [2.24, 2.45) is 5.16 Å². The average Bonchev–Trinajstić information content (AvgIpc) is 2.73. The van der Waals surface area contributed by atoms with Crippen LogP contribution in [-0.2, 0) is 9.57 Å². The number of benzene rings is 3. The van der Waals surface area contributed by atoms with Crippen LogP contribution in [0.25, 0.3) is 0 Å². The molecular weight excluding hydrogens is 360 g/mol. The van der Waals surface area contributed by atoms with E-state index in [-0.39, 0.29) is 12.4 Å². The van der Waals surface area contributed by atoms with Crippen molar-refractivity contribution < 1.29 is 9.57 Å². The molecule has 0 fully saturated rings. The topological polar surface area (TPSA) is 34.1 Å². The largest absolute Gasteiger partial charge is 0.367 e. The standard InChI is InChI=1S/C25H28N2O2/c1-20(26-29-19-28-25(2,3)4)23-17-11-12-18-24(23)27(21-13-7-5-8-14-21)22-15-9-6-10-16-22/h5-18H,19H2,1-4H3/b26-20+. The van der Waals surface area contributed by atoms with Gasteiger partial charge in [-0.15, -0.1) is 0 Å². The van der Waals surface area contributed by atoms with Crippen LogP contribution >= 0.6 is 0 Å². The molecule has 0 aliphatic heterocycles. The molecule has 3 aromatic carbocycles. The van der Waals surface area contributed by atoms with Gasteiger partial charge in [-0.1, -0.05) is 59.8 Å². The van der Waals surface area contributed by atoms with Crippen molar-refractivity contribution >= 4 is 22.8 Å². The number of anilines is 3. The van der Waals surface area contributed by atoms with E-state index in [0.29, 0.717) is 0 Å². The van der Waals surface area contributed by atoms with E-state index in [1.807, 2.05) is 76.2 Å². The van der Waals surface area contributed by atoms with Crippen LogP contribution in [0.2, 0.25) is 0 Å². The van der Waals surface area contributed by atoms with Gasteiger partial charge in [0.05, 0.1) is 17.0 Å². The summed E-state index contributed by atoms with van der Waals surface area (Å²) in [4.78, 5) is 7.64. The summed E-state index contributed by atoms with van der Waals surface area (Å²) in [6.45, 7) is 8.02. The molecule has 4 heteroatoms. The average molecular weight is 389 g/mol. The number of rotatable bonds is 7. The molecule has 0 spiro atoms. The van der Waals surface area contributed by atoms with Crippen LogP contribution in [0.1, 0.15) is 33.3 Å². The fourth-order valence-electron chi connectivity index (χ4n) is 2.93. The van der Waals surface area contributed by atoms with Crippen molar-refractivity contribution in [3.05, 3.63) is 90.5 Å². The van der Waals surface area contributed by atoms with Gasteiger partial charge in [0, 0.05) is 16.9 Å². The Morgan fingerprint density at radius 2 is 1.31 bits per heavy atom. The van der Waals surface area contributed by atoms with Crippen LogP contribution < -0.4 is 4.90 Å². The maximum absolute atomic E-state index is 5.59. The van der Waals surface area contributed by atoms with Crippen LogP contribution in [0.5, 0.6) is 0 Å². The Hall–Kier alpha value is -3.11. The quantitative estimate of drug-likeness (QED) is 0.196. The van der Waals surface area contributed by atoms with Crippen LogP contribution in [0.4, 0.5) is 17.1 Å². The highest BCUT2D eigenvalue weighted by Crippen LogP contribution is 2.36. The van der Waals surface area contributed by atoms with E-state index in [2.05, 4.69) is 46.5 Å². The third kappa shape index (κ3) is 5.69. The predicted octanol–water partition coefficient (Wildman–Crippen LogP) is 6.67. The van der Waals surface area contributed by atoms with Gasteiger partial charge >= 0.3 is 0 Å². The summed E-state index contributed by atoms with van der Waals surface area (Å²) in [6.07, 6.45) is 0. The third-order valence-corrected chi connectivity index (χ3v) is 4.31. The lowest BCUT2D eigenvalue weighted by Crippen LogP contribution is -2.20. The molecule has 0 atom stereocenters. The first-order chi connectivity index (χ1) is 14.0. The normalized spacial score (nSPS) is 11.9. The molecule has 0 amide bonds. The molecule has 0 bridgehead atoms. The second-order valence-corrected chi connectivity index (χ2v) is 7.70. The zero-order valence-corrected chi connectivity index (χ0v) is 17.5. The molecule has 0 heterocycles. The molecule has 0 radical (unpaired) electrons. The molecule has 3 rings (SSSR count). The van der Waals surface area contributed by atoms with Gasteiger partial charge in [-0.25, -0.2) is 0 Å². The van der Waals surface area contributed by atoms with Gasteiger partial charge in [0.2, 0.25) is 6.79 Å². The molecule has 0 saturated heterocycles. The van der Waals surface area contributed by atoms with Gasteiger partial charge < -0.3 is 14.5 Å². The number of nitrogens with zero attached hydrogens (tertiary/aromatic N) is 2. The third-order valence-electron chi connectivity index (χ3n) is 4.31. The predicted molar refractivity (Wildman–Crippen MR) is 120 cm³/mol. The second kappa shape index (κ2) is 9.39. The maximum Gasteiger partial charge on any atom is 0.217 e. The van der Waals surface area contributed by atoms with Crippen molar-refractivity contribution in [2.75, 3.05) is 11.7 Å². The number of oxime groups is 1. The van der Waals surface area contributed by atoms with Crippen molar-refractivity contribution in [1.82, 2.24) is 0 Å². The lowest BCUT2D eigenvalue weighted by Gasteiger charge is -2.27. The Balaban J connectivity index is 1.96. The highest BCUT2D eigenvalue weighted by molar-refractivity contribution is 6.05. The summed E-state index contributed by atoms with van der Waals surface area (Å²) in [5.74, 6) is 0. The molecule has 0 aromatic heterocycles. The number of ether oxygens (including phenoxy) is 1. The Kier molecular flexibility index (Phi) is 6.68. The fraction of sp³-hybridized carbons (Fsp3) is 0.240. The lowest BCUT2D eigenvalue weighted by molar-refractivity contribution is -0.119. The molecular formula is C25H28N2O2. The van der Waals surface area contributed by atoms with Crippen molar-refractivity contribution in [2.45, 2.75) is 33.3 Å². The molecule has 0 unspecified atom stereocenters. The minimum absolute atomic E-state index is 0.115. The summed E-state index contributed by atoms with van der Waals surface area (Å²) >= 11 is 0. The molecule has 0 aliphatic rings. The van der Waals surface area contributed by atoms with Crippen molar-refractivity contribution in [3.8, 4) is 0 Å². The summed E-state index contributed by atoms with van der Waals surface area (Å²) < 4.78 is 5.59. The van der Waals surface area contributed by atoms with E-state index < -0.39 is 0 Å². The molecule has 0 N–H and O–H groups in total. The summed E-state index contributed by atoms with van der Waals surface area (Å²) in [5.41, 5.74) is 4.71. The Bertz CT molecular complexity index is 892. The van der Waals surface area contributed by atoms with Crippen LogP contribution in [0.3, 0.4) is 0 Å². The molecule has 0 saturated carbocycles. The highest BCUT2D eigenvalue weighted by Gasteiger charge is 2.17. The molecule has 0 aliphatic carbocycles. The van der Waals surface area contributed by atoms with E-state index in [1.165, 1.54) is 0 Å². The first-order valence-corrected chi connectivity index (χ1v) is 9.76. The van der Waals surface area contributed by atoms with E-state index in [4.69, 9.17) is 9.57 Å². The summed E-state index contributed by atoms with van der Waals surface area (Å²) in [7, 11) is 0. The van der Waals surface area contributed by atoms with Crippen LogP contribution in [0, 0.1) is 0 Å². The number of hydrogen-bond acceptors (Lipinski definition) is 4.